The van der Waals surface area contributed by atoms with Crippen LogP contribution in [0, 0.1) is 12.8 Å². The Bertz CT molecular complexity index is 1140. The predicted molar refractivity (Wildman–Crippen MR) is 111 cm³/mol. The lowest BCUT2D eigenvalue weighted by Crippen LogP contribution is -2.23. The monoisotopic (exact) mass is 408 g/mol. The van der Waals surface area contributed by atoms with E-state index in [1.165, 1.54) is 12.7 Å². The summed E-state index contributed by atoms with van der Waals surface area (Å²) in [5.41, 5.74) is 1.92. The molecule has 1 fully saturated rings. The van der Waals surface area contributed by atoms with Gasteiger partial charge in [0.15, 0.2) is 5.78 Å². The number of ketones is 1. The van der Waals surface area contributed by atoms with Crippen molar-refractivity contribution in [2.24, 2.45) is 5.92 Å². The summed E-state index contributed by atoms with van der Waals surface area (Å²) in [6.45, 7) is 4.44. The molecule has 0 aromatic carbocycles. The van der Waals surface area contributed by atoms with E-state index in [0.29, 0.717) is 53.5 Å². The van der Waals surface area contributed by atoms with Gasteiger partial charge in [0.05, 0.1) is 23.6 Å². The van der Waals surface area contributed by atoms with Crippen molar-refractivity contribution in [3.05, 3.63) is 29.5 Å². The molecular formula is C21H24N6O3. The summed E-state index contributed by atoms with van der Waals surface area (Å²) in [5.74, 6) is 2.28. The lowest BCUT2D eigenvalue weighted by Gasteiger charge is -2.15. The molecule has 0 radical (unpaired) electrons. The zero-order chi connectivity index (χ0) is 20.9. The van der Waals surface area contributed by atoms with E-state index in [4.69, 9.17) is 9.15 Å². The van der Waals surface area contributed by atoms with Crippen molar-refractivity contribution >= 4 is 28.5 Å². The Morgan fingerprint density at radius 3 is 2.83 bits per heavy atom. The number of carbonyl (C=O) groups excluding carboxylic acids is 1. The first-order chi connectivity index (χ1) is 14.5. The fraction of sp³-hybridized carbons (Fsp3) is 0.476. The van der Waals surface area contributed by atoms with Gasteiger partial charge in [-0.25, -0.2) is 19.9 Å². The van der Waals surface area contributed by atoms with Crippen molar-refractivity contribution in [1.29, 1.82) is 0 Å². The summed E-state index contributed by atoms with van der Waals surface area (Å²) in [5, 5.41) is 7.44. The van der Waals surface area contributed by atoms with E-state index in [1.807, 2.05) is 6.92 Å². The Balaban J connectivity index is 1.49. The van der Waals surface area contributed by atoms with Gasteiger partial charge >= 0.3 is 0 Å². The van der Waals surface area contributed by atoms with Crippen LogP contribution >= 0.6 is 0 Å². The van der Waals surface area contributed by atoms with Crippen LogP contribution in [0.25, 0.3) is 11.1 Å². The number of nitrogens with one attached hydrogen (secondary N) is 2. The lowest BCUT2D eigenvalue weighted by atomic mass is 9.91. The second kappa shape index (κ2) is 6.93. The minimum absolute atomic E-state index is 0.0213. The van der Waals surface area contributed by atoms with Crippen molar-refractivity contribution in [1.82, 2.24) is 19.9 Å². The van der Waals surface area contributed by atoms with Gasteiger partial charge in [-0.15, -0.1) is 0 Å². The summed E-state index contributed by atoms with van der Waals surface area (Å²) in [4.78, 5) is 30.8. The molecule has 0 saturated heterocycles. The van der Waals surface area contributed by atoms with E-state index in [1.54, 1.807) is 7.11 Å². The van der Waals surface area contributed by atoms with Gasteiger partial charge in [0.25, 0.3) is 0 Å². The van der Waals surface area contributed by atoms with E-state index in [2.05, 4.69) is 37.5 Å². The molecule has 1 saturated carbocycles. The Hall–Kier alpha value is -3.23. The summed E-state index contributed by atoms with van der Waals surface area (Å²) < 4.78 is 11.2. The van der Waals surface area contributed by atoms with Gasteiger partial charge in [-0.05, 0) is 39.5 Å². The Kier molecular flexibility index (Phi) is 4.34. The van der Waals surface area contributed by atoms with Crippen LogP contribution in [0.2, 0.25) is 0 Å². The van der Waals surface area contributed by atoms with E-state index < -0.39 is 0 Å². The highest BCUT2D eigenvalue weighted by molar-refractivity contribution is 6.12. The third-order valence-corrected chi connectivity index (χ3v) is 6.06. The zero-order valence-electron chi connectivity index (χ0n) is 17.3. The smallest absolute Gasteiger partial charge is 0.232 e. The quantitative estimate of drug-likeness (QED) is 0.614. The van der Waals surface area contributed by atoms with Gasteiger partial charge in [-0.2, -0.15) is 0 Å². The van der Waals surface area contributed by atoms with Crippen LogP contribution in [-0.4, -0.2) is 44.9 Å². The second-order valence-electron chi connectivity index (χ2n) is 8.31. The van der Waals surface area contributed by atoms with Crippen LogP contribution < -0.4 is 15.4 Å². The van der Waals surface area contributed by atoms with Gasteiger partial charge in [-0.3, -0.25) is 4.79 Å². The van der Waals surface area contributed by atoms with Crippen LogP contribution in [-0.2, 0) is 6.42 Å². The molecular weight excluding hydrogens is 384 g/mol. The molecule has 1 atom stereocenters. The second-order valence-corrected chi connectivity index (χ2v) is 8.31. The highest BCUT2D eigenvalue weighted by Crippen LogP contribution is 2.41. The number of rotatable bonds is 5. The third kappa shape index (κ3) is 3.14. The van der Waals surface area contributed by atoms with Crippen molar-refractivity contribution in [2.75, 3.05) is 24.3 Å². The van der Waals surface area contributed by atoms with Crippen LogP contribution in [0.15, 0.2) is 17.1 Å². The maximum absolute atomic E-state index is 13.6. The molecule has 4 heterocycles. The Morgan fingerprint density at radius 2 is 2.07 bits per heavy atom. The minimum Gasteiger partial charge on any atom is -0.481 e. The highest BCUT2D eigenvalue weighted by Gasteiger charge is 2.39. The molecule has 3 aromatic heterocycles. The van der Waals surface area contributed by atoms with E-state index in [9.17, 15) is 4.79 Å². The molecule has 1 unspecified atom stereocenters. The summed E-state index contributed by atoms with van der Waals surface area (Å²) in [6.07, 6.45) is 6.40. The van der Waals surface area contributed by atoms with E-state index >= 15 is 0 Å². The number of fused-ring (bicyclic) bond motifs is 2. The molecule has 9 nitrogen and oxygen atoms in total. The molecule has 0 spiro atoms. The number of aromatic nitrogens is 4. The molecule has 5 rings (SSSR count). The van der Waals surface area contributed by atoms with Crippen LogP contribution in [0.3, 0.4) is 0 Å². The molecule has 1 aliphatic heterocycles. The first-order valence-corrected chi connectivity index (χ1v) is 10.2. The van der Waals surface area contributed by atoms with Crippen LogP contribution in [0.1, 0.15) is 47.9 Å². The number of furan rings is 1. The standard InChI is InChI=1S/C21H24N6O3/c1-11-14(15-18(27-21(2)6-7-21)24-10-26-20(15)30-11)16(28)12-4-5-13-17(22-8-12)23-9-25-19(13)29-3/h9-10,12H,4-8H2,1-3H3,(H,22,23,25)(H,24,26,27). The predicted octanol–water partition coefficient (Wildman–Crippen LogP) is 3.15. The molecule has 1 aliphatic carbocycles. The van der Waals surface area contributed by atoms with Gasteiger partial charge in [-0.1, -0.05) is 0 Å². The largest absolute Gasteiger partial charge is 0.481 e. The average Bonchev–Trinajstić information content (AvgIpc) is 3.42. The number of hydrogen-bond acceptors (Lipinski definition) is 9. The maximum Gasteiger partial charge on any atom is 0.232 e. The maximum atomic E-state index is 13.6. The first-order valence-electron chi connectivity index (χ1n) is 10.2. The molecule has 156 valence electrons. The highest BCUT2D eigenvalue weighted by atomic mass is 16.5. The number of carbonyl (C=O) groups is 1. The van der Waals surface area contributed by atoms with Crippen molar-refractivity contribution < 1.29 is 13.9 Å². The number of hydrogen-bond donors (Lipinski definition) is 2. The Morgan fingerprint density at radius 1 is 1.27 bits per heavy atom. The van der Waals surface area contributed by atoms with E-state index in [0.717, 1.165) is 24.2 Å². The van der Waals surface area contributed by atoms with Crippen molar-refractivity contribution in [3.63, 3.8) is 0 Å². The number of Topliss-reactive ketones (excluding diaryl/α,β-unsaturated/α-hetero) is 1. The molecule has 0 amide bonds. The summed E-state index contributed by atoms with van der Waals surface area (Å²) in [6, 6.07) is 0. The average molecular weight is 408 g/mol. The van der Waals surface area contributed by atoms with Gasteiger partial charge < -0.3 is 19.8 Å². The normalized spacial score (nSPS) is 19.5. The molecule has 2 N–H and O–H groups in total. The fourth-order valence-electron chi connectivity index (χ4n) is 4.05. The lowest BCUT2D eigenvalue weighted by molar-refractivity contribution is 0.0921. The number of ether oxygens (including phenoxy) is 1. The topological polar surface area (TPSA) is 115 Å². The minimum atomic E-state index is -0.243. The number of methoxy groups -OCH3 is 1. The molecule has 2 aliphatic rings. The van der Waals surface area contributed by atoms with Crippen LogP contribution in [0.4, 0.5) is 11.6 Å². The SMILES string of the molecule is COc1ncnc2c1CCC(C(=O)c1c(C)oc3ncnc(NC4(C)CC4)c13)CN2. The summed E-state index contributed by atoms with van der Waals surface area (Å²) >= 11 is 0. The molecule has 0 bridgehead atoms. The molecule has 9 heteroatoms. The number of aryl methyl sites for hydroxylation is 1. The zero-order valence-corrected chi connectivity index (χ0v) is 17.3. The van der Waals surface area contributed by atoms with Gasteiger partial charge in [0, 0.05) is 18.0 Å². The molecule has 3 aromatic rings. The van der Waals surface area contributed by atoms with E-state index in [-0.39, 0.29) is 17.2 Å². The van der Waals surface area contributed by atoms with Gasteiger partial charge in [0.1, 0.15) is 30.1 Å². The fourth-order valence-corrected chi connectivity index (χ4v) is 4.05. The van der Waals surface area contributed by atoms with Crippen molar-refractivity contribution in [3.8, 4) is 5.88 Å². The summed E-state index contributed by atoms with van der Waals surface area (Å²) in [7, 11) is 1.59. The number of anilines is 2. The van der Waals surface area contributed by atoms with Gasteiger partial charge in [0.2, 0.25) is 11.6 Å². The van der Waals surface area contributed by atoms with Crippen LogP contribution in [0.5, 0.6) is 5.88 Å². The number of nitrogens with zero attached hydrogens (tertiary/aromatic N) is 4. The Labute approximate surface area is 173 Å². The van der Waals surface area contributed by atoms with Crippen molar-refractivity contribution in [2.45, 2.75) is 45.1 Å². The first kappa shape index (κ1) is 18.8. The third-order valence-electron chi connectivity index (χ3n) is 6.06. The molecule has 30 heavy (non-hydrogen) atoms.